The first-order valence-electron chi connectivity index (χ1n) is 7.38. The van der Waals surface area contributed by atoms with Crippen LogP contribution in [0.3, 0.4) is 0 Å². The molecule has 2 rings (SSSR count). The minimum absolute atomic E-state index is 0.0799. The number of carbonyl (C=O) groups excluding carboxylic acids is 1. The summed E-state index contributed by atoms with van der Waals surface area (Å²) < 4.78 is 10.9. The van der Waals surface area contributed by atoms with Crippen LogP contribution in [0.1, 0.15) is 19.3 Å². The van der Waals surface area contributed by atoms with Crippen LogP contribution in [0.5, 0.6) is 11.5 Å². The quantitative estimate of drug-likeness (QED) is 0.866. The van der Waals surface area contributed by atoms with Crippen LogP contribution in [-0.4, -0.2) is 44.2 Å². The predicted molar refractivity (Wildman–Crippen MR) is 81.4 cm³/mol. The van der Waals surface area contributed by atoms with Gasteiger partial charge in [-0.3, -0.25) is 4.79 Å². The molecule has 1 aromatic carbocycles. The van der Waals surface area contributed by atoms with Gasteiger partial charge in [-0.1, -0.05) is 12.1 Å². The maximum atomic E-state index is 12.2. The largest absolute Gasteiger partial charge is 0.493 e. The number of likely N-dealkylation sites (N-methyl/N-ethyl adjacent to an activating group) is 1. The average molecular weight is 292 g/mol. The standard InChI is InChI=1S/C16H24N2O3/c1-18(16(19)12-7-8-13(17)11-12)9-10-21-15-6-4-3-5-14(15)20-2/h3-6,12-13H,7-11,17H2,1-2H3/t12-,13-/m0/s1. The van der Waals surface area contributed by atoms with Gasteiger partial charge in [0.25, 0.3) is 0 Å². The Kier molecular flexibility index (Phi) is 5.44. The average Bonchev–Trinajstić information content (AvgIpc) is 2.93. The lowest BCUT2D eigenvalue weighted by atomic mass is 10.1. The Morgan fingerprint density at radius 1 is 1.33 bits per heavy atom. The van der Waals surface area contributed by atoms with Crippen LogP contribution >= 0.6 is 0 Å². The van der Waals surface area contributed by atoms with Crippen LogP contribution in [-0.2, 0) is 4.79 Å². The zero-order valence-corrected chi connectivity index (χ0v) is 12.7. The highest BCUT2D eigenvalue weighted by molar-refractivity contribution is 5.78. The highest BCUT2D eigenvalue weighted by Crippen LogP contribution is 2.27. The molecule has 0 radical (unpaired) electrons. The van der Waals surface area contributed by atoms with Gasteiger partial charge in [0, 0.05) is 19.0 Å². The highest BCUT2D eigenvalue weighted by atomic mass is 16.5. The van der Waals surface area contributed by atoms with Crippen molar-refractivity contribution in [2.24, 2.45) is 11.7 Å². The van der Waals surface area contributed by atoms with E-state index in [1.807, 2.05) is 31.3 Å². The molecule has 5 heteroatoms. The van der Waals surface area contributed by atoms with E-state index in [1.165, 1.54) is 0 Å². The summed E-state index contributed by atoms with van der Waals surface area (Å²) >= 11 is 0. The monoisotopic (exact) mass is 292 g/mol. The number of methoxy groups -OCH3 is 1. The van der Waals surface area contributed by atoms with E-state index in [2.05, 4.69) is 0 Å². The van der Waals surface area contributed by atoms with Crippen LogP contribution in [0.15, 0.2) is 24.3 Å². The summed E-state index contributed by atoms with van der Waals surface area (Å²) in [5, 5.41) is 0. The minimum atomic E-state index is 0.0799. The first-order chi connectivity index (χ1) is 10.1. The Morgan fingerprint density at radius 2 is 2.05 bits per heavy atom. The number of carbonyl (C=O) groups is 1. The second-order valence-electron chi connectivity index (χ2n) is 5.53. The summed E-state index contributed by atoms with van der Waals surface area (Å²) in [4.78, 5) is 14.0. The summed E-state index contributed by atoms with van der Waals surface area (Å²) in [5.74, 6) is 1.65. The van der Waals surface area contributed by atoms with E-state index in [1.54, 1.807) is 12.0 Å². The van der Waals surface area contributed by atoms with E-state index in [0.29, 0.717) is 24.7 Å². The minimum Gasteiger partial charge on any atom is -0.493 e. The molecule has 0 saturated heterocycles. The summed E-state index contributed by atoms with van der Waals surface area (Å²) in [6.07, 6.45) is 2.65. The number of nitrogens with two attached hydrogens (primary N) is 1. The maximum absolute atomic E-state index is 12.2. The Labute approximate surface area is 126 Å². The van der Waals surface area contributed by atoms with Crippen LogP contribution in [0, 0.1) is 5.92 Å². The van der Waals surface area contributed by atoms with E-state index in [9.17, 15) is 4.79 Å². The van der Waals surface area contributed by atoms with Crippen molar-refractivity contribution in [1.82, 2.24) is 4.90 Å². The number of para-hydroxylation sites is 2. The summed E-state index contributed by atoms with van der Waals surface area (Å²) in [5.41, 5.74) is 5.86. The smallest absolute Gasteiger partial charge is 0.225 e. The molecule has 1 aliphatic rings. The second-order valence-corrected chi connectivity index (χ2v) is 5.53. The van der Waals surface area contributed by atoms with E-state index in [4.69, 9.17) is 15.2 Å². The van der Waals surface area contributed by atoms with Crippen molar-refractivity contribution < 1.29 is 14.3 Å². The molecule has 1 aliphatic carbocycles. The molecule has 21 heavy (non-hydrogen) atoms. The first kappa shape index (κ1) is 15.6. The van der Waals surface area contributed by atoms with Crippen molar-refractivity contribution in [2.45, 2.75) is 25.3 Å². The molecule has 0 aliphatic heterocycles. The lowest BCUT2D eigenvalue weighted by molar-refractivity contribution is -0.134. The fourth-order valence-corrected chi connectivity index (χ4v) is 2.69. The molecule has 0 bridgehead atoms. The predicted octanol–water partition coefficient (Wildman–Crippen LogP) is 1.66. The second kappa shape index (κ2) is 7.31. The third kappa shape index (κ3) is 4.11. The van der Waals surface area contributed by atoms with Crippen molar-refractivity contribution in [1.29, 1.82) is 0 Å². The molecule has 0 unspecified atom stereocenters. The zero-order chi connectivity index (χ0) is 15.2. The molecule has 2 N–H and O–H groups in total. The number of amides is 1. The van der Waals surface area contributed by atoms with Crippen LogP contribution in [0.4, 0.5) is 0 Å². The van der Waals surface area contributed by atoms with Gasteiger partial charge >= 0.3 is 0 Å². The number of ether oxygens (including phenoxy) is 2. The number of hydrogen-bond donors (Lipinski definition) is 1. The Morgan fingerprint density at radius 3 is 2.67 bits per heavy atom. The van der Waals surface area contributed by atoms with E-state index < -0.39 is 0 Å². The van der Waals surface area contributed by atoms with E-state index in [-0.39, 0.29) is 17.9 Å². The Balaban J connectivity index is 1.78. The van der Waals surface area contributed by atoms with Gasteiger partial charge in [0.05, 0.1) is 13.7 Å². The zero-order valence-electron chi connectivity index (χ0n) is 12.7. The molecule has 1 saturated carbocycles. The van der Waals surface area contributed by atoms with E-state index in [0.717, 1.165) is 19.3 Å². The molecular weight excluding hydrogens is 268 g/mol. The van der Waals surface area contributed by atoms with Gasteiger partial charge in [0.2, 0.25) is 5.91 Å². The number of rotatable bonds is 6. The van der Waals surface area contributed by atoms with Crippen LogP contribution < -0.4 is 15.2 Å². The highest BCUT2D eigenvalue weighted by Gasteiger charge is 2.29. The van der Waals surface area contributed by atoms with Crippen LogP contribution in [0.2, 0.25) is 0 Å². The molecule has 2 atom stereocenters. The Hall–Kier alpha value is -1.75. The number of nitrogens with zero attached hydrogens (tertiary/aromatic N) is 1. The van der Waals surface area contributed by atoms with Gasteiger partial charge in [0.1, 0.15) is 6.61 Å². The van der Waals surface area contributed by atoms with Gasteiger partial charge in [-0.25, -0.2) is 0 Å². The van der Waals surface area contributed by atoms with Gasteiger partial charge in [-0.15, -0.1) is 0 Å². The summed E-state index contributed by atoms with van der Waals surface area (Å²) in [7, 11) is 3.43. The third-order valence-corrected chi connectivity index (χ3v) is 3.95. The van der Waals surface area contributed by atoms with Gasteiger partial charge in [0.15, 0.2) is 11.5 Å². The number of hydrogen-bond acceptors (Lipinski definition) is 4. The number of benzene rings is 1. The maximum Gasteiger partial charge on any atom is 0.225 e. The lowest BCUT2D eigenvalue weighted by Gasteiger charge is -2.21. The summed E-state index contributed by atoms with van der Waals surface area (Å²) in [6, 6.07) is 7.68. The van der Waals surface area contributed by atoms with Crippen LogP contribution in [0.25, 0.3) is 0 Å². The van der Waals surface area contributed by atoms with E-state index >= 15 is 0 Å². The van der Waals surface area contributed by atoms with Gasteiger partial charge < -0.3 is 20.1 Å². The van der Waals surface area contributed by atoms with Crippen molar-refractivity contribution in [2.75, 3.05) is 27.3 Å². The molecule has 5 nitrogen and oxygen atoms in total. The molecule has 1 aromatic rings. The fourth-order valence-electron chi connectivity index (χ4n) is 2.69. The molecule has 0 spiro atoms. The molecular formula is C16H24N2O3. The molecule has 0 heterocycles. The molecule has 1 fully saturated rings. The molecule has 0 aromatic heterocycles. The van der Waals surface area contributed by atoms with Gasteiger partial charge in [-0.05, 0) is 31.4 Å². The van der Waals surface area contributed by atoms with Crippen molar-refractivity contribution in [3.8, 4) is 11.5 Å². The summed E-state index contributed by atoms with van der Waals surface area (Å²) in [6.45, 7) is 1.00. The lowest BCUT2D eigenvalue weighted by Crippen LogP contribution is -2.35. The third-order valence-electron chi connectivity index (χ3n) is 3.95. The topological polar surface area (TPSA) is 64.8 Å². The first-order valence-corrected chi connectivity index (χ1v) is 7.38. The molecule has 116 valence electrons. The fraction of sp³-hybridized carbons (Fsp3) is 0.562. The van der Waals surface area contributed by atoms with Crippen molar-refractivity contribution in [3.05, 3.63) is 24.3 Å². The Bertz CT molecular complexity index is 478. The molecule has 1 amide bonds. The van der Waals surface area contributed by atoms with Crippen molar-refractivity contribution in [3.63, 3.8) is 0 Å². The normalized spacial score (nSPS) is 21.1. The van der Waals surface area contributed by atoms with Gasteiger partial charge in [-0.2, -0.15) is 0 Å². The SMILES string of the molecule is COc1ccccc1OCCN(C)C(=O)[C@H]1CC[C@H](N)C1. The van der Waals surface area contributed by atoms with Crippen molar-refractivity contribution >= 4 is 5.91 Å².